The molecule has 1 saturated heterocycles. The van der Waals surface area contributed by atoms with E-state index in [4.69, 9.17) is 0 Å². The van der Waals surface area contributed by atoms with Gasteiger partial charge in [-0.25, -0.2) is 0 Å². The first kappa shape index (κ1) is 16.1. The van der Waals surface area contributed by atoms with Gasteiger partial charge in [0.15, 0.2) is 0 Å². The van der Waals surface area contributed by atoms with Gasteiger partial charge < -0.3 is 15.0 Å². The highest BCUT2D eigenvalue weighted by atomic mass is 35.5. The maximum Gasteiger partial charge on any atom is 0.387 e. The molecule has 1 amide bonds. The largest absolute Gasteiger partial charge is 0.433 e. The number of hydrogen-bond acceptors (Lipinski definition) is 4. The lowest BCUT2D eigenvalue weighted by molar-refractivity contribution is -0.0499. The van der Waals surface area contributed by atoms with Crippen LogP contribution < -0.4 is 10.1 Å². The first-order valence-corrected chi connectivity index (χ1v) is 6.45. The Morgan fingerprint density at radius 2 is 2.11 bits per heavy atom. The lowest BCUT2D eigenvalue weighted by atomic mass is 10.3. The van der Waals surface area contributed by atoms with Crippen molar-refractivity contribution in [1.29, 1.82) is 0 Å². The molecule has 0 atom stereocenters. The first-order valence-electron chi connectivity index (χ1n) is 5.63. The van der Waals surface area contributed by atoms with Crippen molar-refractivity contribution >= 4 is 29.7 Å². The Morgan fingerprint density at radius 3 is 2.68 bits per heavy atom. The zero-order chi connectivity index (χ0) is 13.1. The summed E-state index contributed by atoms with van der Waals surface area (Å²) in [5, 5.41) is 3.13. The van der Waals surface area contributed by atoms with Crippen LogP contribution in [0.15, 0.2) is 6.07 Å². The second-order valence-electron chi connectivity index (χ2n) is 3.97. The zero-order valence-electron chi connectivity index (χ0n) is 10.3. The molecule has 108 valence electrons. The third-order valence-electron chi connectivity index (χ3n) is 2.64. The zero-order valence-corrected chi connectivity index (χ0v) is 12.0. The molecule has 0 aromatic carbocycles. The molecule has 4 nitrogen and oxygen atoms in total. The van der Waals surface area contributed by atoms with E-state index in [0.717, 1.165) is 18.0 Å². The summed E-state index contributed by atoms with van der Waals surface area (Å²) >= 11 is 1.19. The lowest BCUT2D eigenvalue weighted by Crippen LogP contribution is -2.46. The Hall–Kier alpha value is -0.920. The molecule has 1 aliphatic rings. The highest BCUT2D eigenvalue weighted by Crippen LogP contribution is 2.31. The van der Waals surface area contributed by atoms with Crippen LogP contribution in [-0.2, 0) is 0 Å². The average Bonchev–Trinajstić information content (AvgIpc) is 2.69. The normalized spacial score (nSPS) is 15.3. The summed E-state index contributed by atoms with van der Waals surface area (Å²) in [5.41, 5.74) is 0. The molecule has 0 aliphatic carbocycles. The summed E-state index contributed by atoms with van der Waals surface area (Å²) in [6.45, 7) is 1.47. The number of nitrogens with one attached hydrogen (secondary N) is 1. The molecular weight excluding hydrogens is 298 g/mol. The molecule has 0 spiro atoms. The fraction of sp³-hybridized carbons (Fsp3) is 0.545. The minimum atomic E-state index is -2.91. The van der Waals surface area contributed by atoms with E-state index >= 15 is 0 Å². The van der Waals surface area contributed by atoms with Crippen LogP contribution in [0.1, 0.15) is 14.5 Å². The molecule has 19 heavy (non-hydrogen) atoms. The number of carbonyl (C=O) groups is 1. The van der Waals surface area contributed by atoms with Gasteiger partial charge in [0.1, 0.15) is 10.6 Å². The standard InChI is InChI=1S/C11H14F2N2O2S.ClH/c1-7-6-8(17-11(12)13)9(18-7)10(16)15-4-2-14-3-5-15;/h6,11,14H,2-5H2,1H3;1H. The summed E-state index contributed by atoms with van der Waals surface area (Å²) < 4.78 is 28.9. The van der Waals surface area contributed by atoms with E-state index in [2.05, 4.69) is 10.1 Å². The molecule has 1 aromatic rings. The molecule has 2 rings (SSSR count). The Kier molecular flexibility index (Phi) is 5.96. The highest BCUT2D eigenvalue weighted by molar-refractivity contribution is 7.14. The summed E-state index contributed by atoms with van der Waals surface area (Å²) in [6.07, 6.45) is 0. The molecular formula is C11H15ClF2N2O2S. The number of nitrogens with zero attached hydrogens (tertiary/aromatic N) is 1. The Bertz CT molecular complexity index is 436. The van der Waals surface area contributed by atoms with E-state index in [1.807, 2.05) is 0 Å². The number of carbonyl (C=O) groups excluding carboxylic acids is 1. The van der Waals surface area contributed by atoms with Crippen LogP contribution >= 0.6 is 23.7 Å². The Balaban J connectivity index is 0.00000180. The molecule has 8 heteroatoms. The van der Waals surface area contributed by atoms with Crippen molar-refractivity contribution in [2.45, 2.75) is 13.5 Å². The van der Waals surface area contributed by atoms with Crippen LogP contribution in [0.5, 0.6) is 5.75 Å². The van der Waals surface area contributed by atoms with Crippen molar-refractivity contribution in [3.05, 3.63) is 15.8 Å². The number of thiophene rings is 1. The number of alkyl halides is 2. The van der Waals surface area contributed by atoms with Crippen LogP contribution in [0, 0.1) is 6.92 Å². The molecule has 1 aromatic heterocycles. The minimum absolute atomic E-state index is 0. The maximum absolute atomic E-state index is 12.3. The van der Waals surface area contributed by atoms with Gasteiger partial charge in [-0.1, -0.05) is 0 Å². The molecule has 1 aliphatic heterocycles. The smallest absolute Gasteiger partial charge is 0.387 e. The van der Waals surface area contributed by atoms with Crippen molar-refractivity contribution in [2.75, 3.05) is 26.2 Å². The summed E-state index contributed by atoms with van der Waals surface area (Å²) in [7, 11) is 0. The van der Waals surface area contributed by atoms with Crippen LogP contribution in [-0.4, -0.2) is 43.6 Å². The third-order valence-corrected chi connectivity index (χ3v) is 3.66. The van der Waals surface area contributed by atoms with Gasteiger partial charge in [0.05, 0.1) is 0 Å². The van der Waals surface area contributed by atoms with E-state index in [1.165, 1.54) is 17.4 Å². The fourth-order valence-corrected chi connectivity index (χ4v) is 2.75. The van der Waals surface area contributed by atoms with Crippen LogP contribution in [0.25, 0.3) is 0 Å². The summed E-state index contributed by atoms with van der Waals surface area (Å²) in [4.78, 5) is 14.9. The van der Waals surface area contributed by atoms with Crippen molar-refractivity contribution in [1.82, 2.24) is 10.2 Å². The van der Waals surface area contributed by atoms with Crippen LogP contribution in [0.4, 0.5) is 8.78 Å². The third kappa shape index (κ3) is 4.02. The van der Waals surface area contributed by atoms with Gasteiger partial charge in [0, 0.05) is 31.1 Å². The topological polar surface area (TPSA) is 41.6 Å². The van der Waals surface area contributed by atoms with Gasteiger partial charge in [-0.05, 0) is 13.0 Å². The van der Waals surface area contributed by atoms with Gasteiger partial charge in [-0.3, -0.25) is 4.79 Å². The van der Waals surface area contributed by atoms with Gasteiger partial charge >= 0.3 is 6.61 Å². The van der Waals surface area contributed by atoms with Crippen LogP contribution in [0.3, 0.4) is 0 Å². The molecule has 2 heterocycles. The monoisotopic (exact) mass is 312 g/mol. The van der Waals surface area contributed by atoms with Gasteiger partial charge in [0.25, 0.3) is 5.91 Å². The van der Waals surface area contributed by atoms with E-state index in [1.54, 1.807) is 11.8 Å². The molecule has 0 radical (unpaired) electrons. The first-order chi connectivity index (χ1) is 8.58. The van der Waals surface area contributed by atoms with Gasteiger partial charge in [-0.15, -0.1) is 23.7 Å². The number of rotatable bonds is 3. The number of halogens is 3. The molecule has 0 unspecified atom stereocenters. The van der Waals surface area contributed by atoms with E-state index in [0.29, 0.717) is 13.1 Å². The number of amides is 1. The lowest BCUT2D eigenvalue weighted by Gasteiger charge is -2.27. The number of ether oxygens (including phenoxy) is 1. The van der Waals surface area contributed by atoms with Crippen LogP contribution in [0.2, 0.25) is 0 Å². The predicted molar refractivity (Wildman–Crippen MR) is 71.7 cm³/mol. The molecule has 1 fully saturated rings. The van der Waals surface area contributed by atoms with Gasteiger partial charge in [0.2, 0.25) is 0 Å². The predicted octanol–water partition coefficient (Wildman–Crippen LogP) is 2.13. The minimum Gasteiger partial charge on any atom is -0.433 e. The molecule has 1 N–H and O–H groups in total. The van der Waals surface area contributed by atoms with Crippen molar-refractivity contribution in [3.8, 4) is 5.75 Å². The second-order valence-corrected chi connectivity index (χ2v) is 5.23. The SMILES string of the molecule is Cc1cc(OC(F)F)c(C(=O)N2CCNCC2)s1.Cl. The van der Waals surface area contributed by atoms with Crippen molar-refractivity contribution in [2.24, 2.45) is 0 Å². The van der Waals surface area contributed by atoms with Crippen molar-refractivity contribution < 1.29 is 18.3 Å². The Morgan fingerprint density at radius 1 is 1.47 bits per heavy atom. The Labute approximate surface area is 120 Å². The van der Waals surface area contributed by atoms with E-state index in [-0.39, 0.29) is 28.9 Å². The fourth-order valence-electron chi connectivity index (χ4n) is 1.84. The highest BCUT2D eigenvalue weighted by Gasteiger charge is 2.24. The van der Waals surface area contributed by atoms with Crippen molar-refractivity contribution in [3.63, 3.8) is 0 Å². The second kappa shape index (κ2) is 7.02. The number of hydrogen-bond donors (Lipinski definition) is 1. The summed E-state index contributed by atoms with van der Waals surface area (Å²) in [5.74, 6) is -0.249. The molecule has 0 bridgehead atoms. The van der Waals surface area contributed by atoms with E-state index < -0.39 is 6.61 Å². The number of aryl methyl sites for hydroxylation is 1. The average molecular weight is 313 g/mol. The quantitative estimate of drug-likeness (QED) is 0.929. The molecule has 0 saturated carbocycles. The number of piperazine rings is 1. The van der Waals surface area contributed by atoms with Gasteiger partial charge in [-0.2, -0.15) is 8.78 Å². The maximum atomic E-state index is 12.3. The van der Waals surface area contributed by atoms with E-state index in [9.17, 15) is 13.6 Å². The summed E-state index contributed by atoms with van der Waals surface area (Å²) in [6, 6.07) is 1.48.